The quantitative estimate of drug-likeness (QED) is 0.455. The summed E-state index contributed by atoms with van der Waals surface area (Å²) in [6.07, 6.45) is 2.66. The fourth-order valence-electron chi connectivity index (χ4n) is 3.34. The van der Waals surface area contributed by atoms with Crippen molar-refractivity contribution in [2.24, 2.45) is 0 Å². The van der Waals surface area contributed by atoms with Crippen molar-refractivity contribution in [3.05, 3.63) is 59.5 Å². The Morgan fingerprint density at radius 2 is 2.14 bits per heavy atom. The van der Waals surface area contributed by atoms with Gasteiger partial charge in [0.2, 0.25) is 0 Å². The van der Waals surface area contributed by atoms with Gasteiger partial charge in [-0.15, -0.1) is 11.3 Å². The lowest BCUT2D eigenvalue weighted by molar-refractivity contribution is 0.210. The van der Waals surface area contributed by atoms with Crippen LogP contribution in [0.4, 0.5) is 10.5 Å². The van der Waals surface area contributed by atoms with Crippen LogP contribution in [0, 0.1) is 0 Å². The minimum atomic E-state index is -1.08. The first-order chi connectivity index (χ1) is 13.6. The van der Waals surface area contributed by atoms with Gasteiger partial charge in [0.15, 0.2) is 0 Å². The van der Waals surface area contributed by atoms with Gasteiger partial charge in [0.05, 0.1) is 30.0 Å². The van der Waals surface area contributed by atoms with Crippen molar-refractivity contribution in [3.8, 4) is 10.6 Å². The number of aryl methyl sites for hydroxylation is 1. The second-order valence-electron chi connectivity index (χ2n) is 6.42. The molecule has 0 saturated carbocycles. The summed E-state index contributed by atoms with van der Waals surface area (Å²) >= 11 is 1.55. The Hall–Kier alpha value is -3.10. The van der Waals surface area contributed by atoms with Crippen LogP contribution in [0.3, 0.4) is 0 Å². The molecule has 1 aromatic carbocycles. The Morgan fingerprint density at radius 1 is 1.29 bits per heavy atom. The molecule has 0 spiro atoms. The summed E-state index contributed by atoms with van der Waals surface area (Å²) in [5.41, 5.74) is 4.26. The Labute approximate surface area is 165 Å². The molecule has 4 rings (SSSR count). The number of rotatable bonds is 6. The minimum Gasteiger partial charge on any atom is -0.465 e. The van der Waals surface area contributed by atoms with E-state index >= 15 is 0 Å². The fraction of sp³-hybridized carbons (Fsp3) is 0.200. The number of fused-ring (bicyclic) bond motifs is 1. The van der Waals surface area contributed by atoms with E-state index in [0.29, 0.717) is 12.2 Å². The number of hydrogen-bond acceptors (Lipinski definition) is 4. The zero-order valence-corrected chi connectivity index (χ0v) is 16.1. The predicted molar refractivity (Wildman–Crippen MR) is 110 cm³/mol. The molecule has 0 fully saturated rings. The lowest BCUT2D eigenvalue weighted by atomic mass is 10.1. The maximum Gasteiger partial charge on any atom is 0.409 e. The lowest BCUT2D eigenvalue weighted by Gasteiger charge is -2.05. The number of amides is 1. The van der Waals surface area contributed by atoms with Gasteiger partial charge in [-0.3, -0.25) is 5.32 Å². The van der Waals surface area contributed by atoms with Gasteiger partial charge in [-0.1, -0.05) is 0 Å². The van der Waals surface area contributed by atoms with Crippen LogP contribution in [0.1, 0.15) is 18.3 Å². The predicted octanol–water partition coefficient (Wildman–Crippen LogP) is 4.22. The van der Waals surface area contributed by atoms with Crippen LogP contribution in [0.25, 0.3) is 21.5 Å². The summed E-state index contributed by atoms with van der Waals surface area (Å²) < 4.78 is 3.98. The van der Waals surface area contributed by atoms with Gasteiger partial charge in [0.25, 0.3) is 0 Å². The molecule has 3 heterocycles. The molecule has 0 aliphatic rings. The lowest BCUT2D eigenvalue weighted by Crippen LogP contribution is -2.06. The Kier molecular flexibility index (Phi) is 4.89. The summed E-state index contributed by atoms with van der Waals surface area (Å²) in [4.78, 5) is 15.8. The summed E-state index contributed by atoms with van der Waals surface area (Å²) in [6, 6.07) is 9.78. The van der Waals surface area contributed by atoms with E-state index in [0.717, 1.165) is 39.4 Å². The molecule has 28 heavy (non-hydrogen) atoms. The number of aliphatic hydroxyl groups excluding tert-OH is 1. The van der Waals surface area contributed by atoms with E-state index in [1.165, 1.54) is 0 Å². The first-order valence-electron chi connectivity index (χ1n) is 8.91. The normalized spacial score (nSPS) is 11.2. The number of anilines is 1. The SMILES string of the molecule is CCn1cc(NC(=O)O)c2cc(-c3nc(Cn4cccc4CO)cs3)ccc21. The molecule has 8 heteroatoms. The summed E-state index contributed by atoms with van der Waals surface area (Å²) in [7, 11) is 0. The Balaban J connectivity index is 1.67. The average Bonchev–Trinajstić information content (AvgIpc) is 3.40. The molecule has 4 aromatic rings. The van der Waals surface area contributed by atoms with Crippen molar-refractivity contribution in [1.29, 1.82) is 0 Å². The number of nitrogens with one attached hydrogen (secondary N) is 1. The van der Waals surface area contributed by atoms with Crippen LogP contribution in [-0.4, -0.2) is 30.4 Å². The van der Waals surface area contributed by atoms with Crippen LogP contribution in [0.5, 0.6) is 0 Å². The molecule has 0 aliphatic heterocycles. The second-order valence-corrected chi connectivity index (χ2v) is 7.28. The monoisotopic (exact) mass is 396 g/mol. The molecule has 3 aromatic heterocycles. The first-order valence-corrected chi connectivity index (χ1v) is 9.79. The molecule has 3 N–H and O–H groups in total. The number of carbonyl (C=O) groups is 1. The molecule has 0 aliphatic carbocycles. The van der Waals surface area contributed by atoms with Gasteiger partial charge >= 0.3 is 6.09 Å². The number of benzene rings is 1. The molecule has 0 radical (unpaired) electrons. The van der Waals surface area contributed by atoms with Gasteiger partial charge in [-0.25, -0.2) is 9.78 Å². The van der Waals surface area contributed by atoms with Gasteiger partial charge in [0.1, 0.15) is 5.01 Å². The van der Waals surface area contributed by atoms with Gasteiger partial charge in [-0.05, 0) is 37.3 Å². The van der Waals surface area contributed by atoms with E-state index in [9.17, 15) is 9.90 Å². The zero-order chi connectivity index (χ0) is 19.7. The van der Waals surface area contributed by atoms with Crippen molar-refractivity contribution in [2.75, 3.05) is 5.32 Å². The summed E-state index contributed by atoms with van der Waals surface area (Å²) in [5.74, 6) is 0. The average molecular weight is 396 g/mol. The third-order valence-electron chi connectivity index (χ3n) is 4.68. The van der Waals surface area contributed by atoms with Crippen molar-refractivity contribution >= 4 is 34.0 Å². The van der Waals surface area contributed by atoms with E-state index in [1.807, 2.05) is 64.2 Å². The topological polar surface area (TPSA) is 92.3 Å². The number of nitrogens with zero attached hydrogens (tertiary/aromatic N) is 3. The molecule has 0 atom stereocenters. The molecule has 0 saturated heterocycles. The van der Waals surface area contributed by atoms with Crippen molar-refractivity contribution in [1.82, 2.24) is 14.1 Å². The maximum atomic E-state index is 11.1. The third kappa shape index (κ3) is 3.39. The number of thiazole rings is 1. The van der Waals surface area contributed by atoms with Gasteiger partial charge < -0.3 is 19.3 Å². The zero-order valence-electron chi connectivity index (χ0n) is 15.3. The molecule has 1 amide bonds. The van der Waals surface area contributed by atoms with Crippen LogP contribution < -0.4 is 5.32 Å². The molecular formula is C20H20N4O3S. The number of hydrogen-bond donors (Lipinski definition) is 3. The fourth-order valence-corrected chi connectivity index (χ4v) is 4.15. The first kappa shape index (κ1) is 18.3. The van der Waals surface area contributed by atoms with Crippen LogP contribution in [-0.2, 0) is 19.7 Å². The molecule has 0 bridgehead atoms. The number of aromatic nitrogens is 3. The third-order valence-corrected chi connectivity index (χ3v) is 5.62. The summed E-state index contributed by atoms with van der Waals surface area (Å²) in [5, 5.41) is 24.7. The highest BCUT2D eigenvalue weighted by atomic mass is 32.1. The highest BCUT2D eigenvalue weighted by Gasteiger charge is 2.13. The van der Waals surface area contributed by atoms with Crippen molar-refractivity contribution in [2.45, 2.75) is 26.6 Å². The summed E-state index contributed by atoms with van der Waals surface area (Å²) in [6.45, 7) is 3.36. The maximum absolute atomic E-state index is 11.1. The molecule has 0 unspecified atom stereocenters. The van der Waals surface area contributed by atoms with Crippen molar-refractivity contribution in [3.63, 3.8) is 0 Å². The Bertz CT molecular complexity index is 1140. The molecular weight excluding hydrogens is 376 g/mol. The van der Waals surface area contributed by atoms with E-state index < -0.39 is 6.09 Å². The highest BCUT2D eigenvalue weighted by molar-refractivity contribution is 7.13. The van der Waals surface area contributed by atoms with E-state index in [4.69, 9.17) is 10.1 Å². The highest BCUT2D eigenvalue weighted by Crippen LogP contribution is 2.32. The number of carboxylic acid groups (broad SMARTS) is 1. The number of aliphatic hydroxyl groups is 1. The van der Waals surface area contributed by atoms with E-state index in [2.05, 4.69) is 5.32 Å². The second kappa shape index (κ2) is 7.49. The molecule has 144 valence electrons. The Morgan fingerprint density at radius 3 is 2.89 bits per heavy atom. The van der Waals surface area contributed by atoms with Crippen LogP contribution in [0.2, 0.25) is 0 Å². The minimum absolute atomic E-state index is 0.00552. The van der Waals surface area contributed by atoms with Gasteiger partial charge in [-0.2, -0.15) is 0 Å². The van der Waals surface area contributed by atoms with E-state index in [-0.39, 0.29) is 6.61 Å². The van der Waals surface area contributed by atoms with Crippen LogP contribution >= 0.6 is 11.3 Å². The van der Waals surface area contributed by atoms with E-state index in [1.54, 1.807) is 11.3 Å². The standard InChI is InChI=1S/C20H20N4O3S/c1-2-23-10-17(22-20(26)27)16-8-13(5-6-18(16)23)19-21-14(12-28-19)9-24-7-3-4-15(24)11-25/h3-8,10,12,22,25H,2,9,11H2,1H3,(H,26,27). The van der Waals surface area contributed by atoms with Crippen molar-refractivity contribution < 1.29 is 15.0 Å². The molecule has 7 nitrogen and oxygen atoms in total. The smallest absolute Gasteiger partial charge is 0.409 e. The largest absolute Gasteiger partial charge is 0.465 e. The van der Waals surface area contributed by atoms with Crippen LogP contribution in [0.15, 0.2) is 48.1 Å². The van der Waals surface area contributed by atoms with Gasteiger partial charge in [0, 0.05) is 41.0 Å².